The highest BCUT2D eigenvalue weighted by molar-refractivity contribution is 6.31. The minimum absolute atomic E-state index is 0.0302. The number of nitrogens with zero attached hydrogens (tertiary/aromatic N) is 1. The SMILES string of the molecule is CN(C(=O)Nc1ccc(Cl)c(C(F)(F)F)c1)c1ccc(O)cc1. The number of carbonyl (C=O) groups excluding carboxylic acids is 1. The van der Waals surface area contributed by atoms with Gasteiger partial charge in [-0.15, -0.1) is 0 Å². The molecule has 0 heterocycles. The molecule has 2 aromatic rings. The van der Waals surface area contributed by atoms with Gasteiger partial charge in [-0.05, 0) is 42.5 Å². The van der Waals surface area contributed by atoms with Crippen LogP contribution in [0.15, 0.2) is 42.5 Å². The third-order valence-corrected chi connectivity index (χ3v) is 3.39. The molecule has 23 heavy (non-hydrogen) atoms. The zero-order valence-electron chi connectivity index (χ0n) is 11.9. The number of nitrogens with one attached hydrogen (secondary N) is 1. The van der Waals surface area contributed by atoms with E-state index in [1.165, 1.54) is 42.3 Å². The van der Waals surface area contributed by atoms with Crippen molar-refractivity contribution in [2.45, 2.75) is 6.18 Å². The average Bonchev–Trinajstić information content (AvgIpc) is 2.48. The number of hydrogen-bond acceptors (Lipinski definition) is 2. The van der Waals surface area contributed by atoms with Gasteiger partial charge in [0.15, 0.2) is 0 Å². The van der Waals surface area contributed by atoms with Crippen LogP contribution < -0.4 is 10.2 Å². The van der Waals surface area contributed by atoms with E-state index in [0.717, 1.165) is 12.1 Å². The number of phenolic OH excluding ortho intramolecular Hbond substituents is 1. The summed E-state index contributed by atoms with van der Waals surface area (Å²) in [6.45, 7) is 0. The molecule has 2 N–H and O–H groups in total. The summed E-state index contributed by atoms with van der Waals surface area (Å²) in [4.78, 5) is 13.3. The van der Waals surface area contributed by atoms with Crippen molar-refractivity contribution < 1.29 is 23.1 Å². The van der Waals surface area contributed by atoms with E-state index >= 15 is 0 Å². The molecule has 0 radical (unpaired) electrons. The van der Waals surface area contributed by atoms with Gasteiger partial charge in [-0.25, -0.2) is 4.79 Å². The fourth-order valence-corrected chi connectivity index (χ4v) is 2.05. The number of halogens is 4. The Bertz CT molecular complexity index is 718. The molecule has 0 aliphatic rings. The van der Waals surface area contributed by atoms with Crippen LogP contribution in [-0.4, -0.2) is 18.2 Å². The van der Waals surface area contributed by atoms with Crippen LogP contribution in [0.1, 0.15) is 5.56 Å². The fourth-order valence-electron chi connectivity index (χ4n) is 1.82. The lowest BCUT2D eigenvalue weighted by Gasteiger charge is -2.19. The third kappa shape index (κ3) is 4.07. The summed E-state index contributed by atoms with van der Waals surface area (Å²) in [5.41, 5.74) is -0.591. The molecule has 0 saturated heterocycles. The molecule has 0 fully saturated rings. The number of phenols is 1. The Balaban J connectivity index is 2.18. The molecule has 2 amide bonds. The summed E-state index contributed by atoms with van der Waals surface area (Å²) in [6.07, 6.45) is -4.61. The van der Waals surface area contributed by atoms with Gasteiger partial charge in [-0.3, -0.25) is 4.90 Å². The van der Waals surface area contributed by atoms with E-state index in [0.29, 0.717) is 5.69 Å². The Morgan fingerprint density at radius 2 is 1.78 bits per heavy atom. The lowest BCUT2D eigenvalue weighted by Crippen LogP contribution is -2.31. The second kappa shape index (κ2) is 6.37. The van der Waals surface area contributed by atoms with E-state index in [-0.39, 0.29) is 11.4 Å². The zero-order chi connectivity index (χ0) is 17.2. The summed E-state index contributed by atoms with van der Waals surface area (Å²) in [6, 6.07) is 8.26. The van der Waals surface area contributed by atoms with Crippen molar-refractivity contribution in [1.29, 1.82) is 0 Å². The van der Waals surface area contributed by atoms with Crippen molar-refractivity contribution in [3.05, 3.63) is 53.1 Å². The summed E-state index contributed by atoms with van der Waals surface area (Å²) < 4.78 is 38.4. The predicted molar refractivity (Wildman–Crippen MR) is 82.0 cm³/mol. The molecule has 2 rings (SSSR count). The first-order valence-corrected chi connectivity index (χ1v) is 6.77. The smallest absolute Gasteiger partial charge is 0.417 e. The van der Waals surface area contributed by atoms with E-state index < -0.39 is 22.8 Å². The lowest BCUT2D eigenvalue weighted by molar-refractivity contribution is -0.137. The molecule has 0 unspecified atom stereocenters. The fraction of sp³-hybridized carbons (Fsp3) is 0.133. The molecule has 0 aliphatic carbocycles. The number of hydrogen-bond donors (Lipinski definition) is 2. The van der Waals surface area contributed by atoms with Crippen LogP contribution >= 0.6 is 11.6 Å². The van der Waals surface area contributed by atoms with Gasteiger partial charge in [-0.1, -0.05) is 11.6 Å². The second-order valence-corrected chi connectivity index (χ2v) is 5.11. The molecule has 0 atom stereocenters. The normalized spacial score (nSPS) is 11.2. The van der Waals surface area contributed by atoms with Gasteiger partial charge in [0, 0.05) is 18.4 Å². The predicted octanol–water partition coefficient (Wildman–Crippen LogP) is 4.73. The molecule has 0 aliphatic heterocycles. The summed E-state index contributed by atoms with van der Waals surface area (Å²) in [5, 5.41) is 11.1. The van der Waals surface area contributed by atoms with E-state index in [1.807, 2.05) is 0 Å². The maximum atomic E-state index is 12.8. The molecule has 8 heteroatoms. The number of alkyl halides is 3. The summed E-state index contributed by atoms with van der Waals surface area (Å²) in [5.74, 6) is 0.0371. The molecule has 0 bridgehead atoms. The molecule has 122 valence electrons. The lowest BCUT2D eigenvalue weighted by atomic mass is 10.2. The van der Waals surface area contributed by atoms with Crippen molar-refractivity contribution in [3.63, 3.8) is 0 Å². The van der Waals surface area contributed by atoms with Crippen LogP contribution in [-0.2, 0) is 6.18 Å². The molecule has 2 aromatic carbocycles. The van der Waals surface area contributed by atoms with E-state index in [1.54, 1.807) is 0 Å². The van der Waals surface area contributed by atoms with Gasteiger partial charge < -0.3 is 10.4 Å². The third-order valence-electron chi connectivity index (χ3n) is 3.06. The number of benzene rings is 2. The highest BCUT2D eigenvalue weighted by atomic mass is 35.5. The van der Waals surface area contributed by atoms with E-state index in [2.05, 4.69) is 5.32 Å². The van der Waals surface area contributed by atoms with Crippen LogP contribution in [0.4, 0.5) is 29.3 Å². The number of rotatable bonds is 2. The highest BCUT2D eigenvalue weighted by Crippen LogP contribution is 2.36. The first-order valence-electron chi connectivity index (χ1n) is 6.39. The van der Waals surface area contributed by atoms with E-state index in [9.17, 15) is 23.1 Å². The quantitative estimate of drug-likeness (QED) is 0.827. The Hall–Kier alpha value is -2.41. The van der Waals surface area contributed by atoms with Gasteiger partial charge in [0.1, 0.15) is 5.75 Å². The largest absolute Gasteiger partial charge is 0.508 e. The zero-order valence-corrected chi connectivity index (χ0v) is 12.6. The van der Waals surface area contributed by atoms with Crippen molar-refractivity contribution in [2.75, 3.05) is 17.3 Å². The Labute approximate surface area is 135 Å². The van der Waals surface area contributed by atoms with Crippen molar-refractivity contribution in [2.24, 2.45) is 0 Å². The topological polar surface area (TPSA) is 52.6 Å². The second-order valence-electron chi connectivity index (χ2n) is 4.70. The minimum atomic E-state index is -4.61. The van der Waals surface area contributed by atoms with Gasteiger partial charge >= 0.3 is 12.2 Å². The van der Waals surface area contributed by atoms with Gasteiger partial charge in [0.25, 0.3) is 0 Å². The molecular weight excluding hydrogens is 333 g/mol. The summed E-state index contributed by atoms with van der Waals surface area (Å²) >= 11 is 5.52. The van der Waals surface area contributed by atoms with Gasteiger partial charge in [-0.2, -0.15) is 13.2 Å². The van der Waals surface area contributed by atoms with E-state index in [4.69, 9.17) is 11.6 Å². The average molecular weight is 345 g/mol. The molecule has 4 nitrogen and oxygen atoms in total. The van der Waals surface area contributed by atoms with Crippen LogP contribution in [0.2, 0.25) is 5.02 Å². The number of urea groups is 1. The maximum absolute atomic E-state index is 12.8. The van der Waals surface area contributed by atoms with Gasteiger partial charge in [0.05, 0.1) is 10.6 Å². The number of amides is 2. The van der Waals surface area contributed by atoms with Crippen LogP contribution in [0.25, 0.3) is 0 Å². The van der Waals surface area contributed by atoms with Crippen molar-refractivity contribution >= 4 is 29.0 Å². The number of anilines is 2. The monoisotopic (exact) mass is 344 g/mol. The molecular formula is C15H12ClF3N2O2. The molecule has 0 aromatic heterocycles. The standard InChI is InChI=1S/C15H12ClF3N2O2/c1-21(10-3-5-11(22)6-4-10)14(23)20-9-2-7-13(16)12(8-9)15(17,18)19/h2-8,22H,1H3,(H,20,23). The number of carbonyl (C=O) groups is 1. The maximum Gasteiger partial charge on any atom is 0.417 e. The molecule has 0 saturated carbocycles. The Morgan fingerprint density at radius 1 is 1.17 bits per heavy atom. The molecule has 0 spiro atoms. The van der Waals surface area contributed by atoms with Crippen LogP contribution in [0.3, 0.4) is 0 Å². The van der Waals surface area contributed by atoms with Gasteiger partial charge in [0.2, 0.25) is 0 Å². The Kier molecular flexibility index (Phi) is 4.70. The highest BCUT2D eigenvalue weighted by Gasteiger charge is 2.33. The van der Waals surface area contributed by atoms with Crippen molar-refractivity contribution in [1.82, 2.24) is 0 Å². The van der Waals surface area contributed by atoms with Crippen LogP contribution in [0, 0.1) is 0 Å². The number of aromatic hydroxyl groups is 1. The van der Waals surface area contributed by atoms with Crippen LogP contribution in [0.5, 0.6) is 5.75 Å². The first kappa shape index (κ1) is 17.0. The Morgan fingerprint density at radius 3 is 2.35 bits per heavy atom. The van der Waals surface area contributed by atoms with Crippen molar-refractivity contribution in [3.8, 4) is 5.75 Å². The summed E-state index contributed by atoms with van der Waals surface area (Å²) in [7, 11) is 1.45. The minimum Gasteiger partial charge on any atom is -0.508 e. The first-order chi connectivity index (χ1) is 10.7.